The Morgan fingerprint density at radius 3 is 2.38 bits per heavy atom. The number of hydrogen-bond donors (Lipinski definition) is 4. The van der Waals surface area contributed by atoms with E-state index in [1.54, 1.807) is 19.3 Å². The monoisotopic (exact) mass is 853 g/mol. The second kappa shape index (κ2) is 24.1. The predicted octanol–water partition coefficient (Wildman–Crippen LogP) is 8.83. The number of ether oxygens (including phenoxy) is 1. The molecular weight excluding hydrogens is 793 g/mol. The average molecular weight is 855 g/mol. The van der Waals surface area contributed by atoms with Gasteiger partial charge in [-0.2, -0.15) is 4.98 Å². The number of anilines is 2. The van der Waals surface area contributed by atoms with E-state index in [0.29, 0.717) is 35.1 Å². The number of hydrogen-bond acceptors (Lipinski definition) is 9. The number of halogens is 2. The van der Waals surface area contributed by atoms with Crippen LogP contribution in [0, 0.1) is 5.82 Å². The highest BCUT2D eigenvalue weighted by Gasteiger charge is 2.20. The highest BCUT2D eigenvalue weighted by atomic mass is 35.5. The number of aldehydes is 1. The van der Waals surface area contributed by atoms with E-state index in [-0.39, 0.29) is 17.9 Å². The smallest absolute Gasteiger partial charge is 0.229 e. The number of unbranched alkanes of at least 4 members (excludes halogenated alkanes) is 1. The lowest BCUT2D eigenvalue weighted by atomic mass is 9.92. The van der Waals surface area contributed by atoms with Crippen molar-refractivity contribution in [3.05, 3.63) is 107 Å². The molecule has 1 amide bonds. The molecule has 4 N–H and O–H groups in total. The number of aryl methyl sites for hydroxylation is 1. The van der Waals surface area contributed by atoms with Gasteiger partial charge < -0.3 is 35.2 Å². The fraction of sp³-hybridized carbons (Fsp3) is 0.458. The predicted molar refractivity (Wildman–Crippen MR) is 242 cm³/mol. The number of piperazine rings is 1. The molecule has 1 aliphatic heterocycles. The number of carbonyl (C=O) groups excluding carboxylic acids is 2. The minimum Gasteiger partial charge on any atom is -0.393 e. The van der Waals surface area contributed by atoms with Crippen LogP contribution in [-0.2, 0) is 27.3 Å². The van der Waals surface area contributed by atoms with Crippen molar-refractivity contribution in [2.75, 3.05) is 58.3 Å². The summed E-state index contributed by atoms with van der Waals surface area (Å²) in [4.78, 5) is 40.4. The first kappa shape index (κ1) is 45.8. The summed E-state index contributed by atoms with van der Waals surface area (Å²) in [5.74, 6) is -0.420. The second-order valence-corrected chi connectivity index (χ2v) is 16.6. The molecular formula is C48H61ClFN7O4. The number of aliphatic hydroxyl groups is 1. The summed E-state index contributed by atoms with van der Waals surface area (Å²) in [7, 11) is 1.63. The van der Waals surface area contributed by atoms with E-state index in [1.807, 2.05) is 18.3 Å². The Labute approximate surface area is 364 Å². The molecule has 0 radical (unpaired) electrons. The molecule has 1 aliphatic carbocycles. The average Bonchev–Trinajstić information content (AvgIpc) is 3.69. The SMILES string of the molecule is CNC(=O)C(CCC=O)c1ccc(CCCOCCCCN2CCN(Cc3ccc(-c4c[nH]c5nc(Nc6cc(F)cc(Cl)c6)ncc45)cc3)CC2)cc1.OC1CCCCC1. The molecule has 11 nitrogen and oxygen atoms in total. The minimum atomic E-state index is -0.429. The standard InChI is InChI=1S/C42H49ClFN7O3.C6H12O/c1-45-41(53)37(7-4-21-52)32-12-8-30(9-13-32)6-5-23-54-22-3-2-16-50-17-19-51(20-18-50)29-31-10-14-33(15-11-31)38-27-46-40-39(38)28-47-42(49-40)48-36-25-34(43)24-35(44)26-36;7-6-4-2-1-3-5-6/h8-15,21,24-28,37H,2-7,16-20,22-23,29H2,1H3,(H,45,53)(H2,46,47,48,49);6-7H,1-5H2. The molecule has 0 spiro atoms. The van der Waals surface area contributed by atoms with Gasteiger partial charge in [-0.05, 0) is 91.9 Å². The molecule has 3 heterocycles. The normalized spacial score (nSPS) is 15.5. The zero-order chi connectivity index (χ0) is 42.8. The summed E-state index contributed by atoms with van der Waals surface area (Å²) >= 11 is 5.98. The number of aliphatic hydroxyl groups excluding tert-OH is 1. The molecule has 326 valence electrons. The van der Waals surface area contributed by atoms with E-state index in [2.05, 4.69) is 71.8 Å². The number of aromatic amines is 1. The van der Waals surface area contributed by atoms with Gasteiger partial charge in [0.1, 0.15) is 17.8 Å². The Morgan fingerprint density at radius 1 is 0.967 bits per heavy atom. The van der Waals surface area contributed by atoms with Crippen LogP contribution in [0.15, 0.2) is 79.1 Å². The lowest BCUT2D eigenvalue weighted by Gasteiger charge is -2.34. The fourth-order valence-corrected chi connectivity index (χ4v) is 8.28. The van der Waals surface area contributed by atoms with Gasteiger partial charge in [0.05, 0.1) is 12.0 Å². The number of nitrogens with one attached hydrogen (secondary N) is 3. The highest BCUT2D eigenvalue weighted by molar-refractivity contribution is 6.30. The van der Waals surface area contributed by atoms with Gasteiger partial charge in [0.2, 0.25) is 11.9 Å². The van der Waals surface area contributed by atoms with Crippen LogP contribution in [0.5, 0.6) is 0 Å². The van der Waals surface area contributed by atoms with E-state index >= 15 is 0 Å². The van der Waals surface area contributed by atoms with Crippen LogP contribution in [0.1, 0.15) is 86.8 Å². The van der Waals surface area contributed by atoms with E-state index in [9.17, 15) is 14.0 Å². The van der Waals surface area contributed by atoms with Crippen molar-refractivity contribution in [3.8, 4) is 11.1 Å². The van der Waals surface area contributed by atoms with Crippen molar-refractivity contribution in [2.24, 2.45) is 0 Å². The number of aromatic nitrogens is 3. The van der Waals surface area contributed by atoms with E-state index in [4.69, 9.17) is 21.4 Å². The zero-order valence-corrected chi connectivity index (χ0v) is 36.1. The largest absolute Gasteiger partial charge is 0.393 e. The van der Waals surface area contributed by atoms with Crippen molar-refractivity contribution in [3.63, 3.8) is 0 Å². The molecule has 0 bridgehead atoms. The van der Waals surface area contributed by atoms with Gasteiger partial charge >= 0.3 is 0 Å². The number of likely N-dealkylation sites (N-methyl/N-ethyl adjacent to an activating group) is 1. The molecule has 1 unspecified atom stereocenters. The molecule has 2 aliphatic rings. The van der Waals surface area contributed by atoms with Gasteiger partial charge in [0.15, 0.2) is 0 Å². The number of nitrogens with zero attached hydrogens (tertiary/aromatic N) is 4. The van der Waals surface area contributed by atoms with Gasteiger partial charge in [-0.15, -0.1) is 0 Å². The first-order chi connectivity index (χ1) is 29.8. The topological polar surface area (TPSA) is 136 Å². The van der Waals surface area contributed by atoms with Crippen LogP contribution in [0.2, 0.25) is 5.02 Å². The van der Waals surface area contributed by atoms with Crippen molar-refractivity contribution in [1.82, 2.24) is 30.1 Å². The third kappa shape index (κ3) is 14.4. The van der Waals surface area contributed by atoms with Crippen LogP contribution in [0.25, 0.3) is 22.2 Å². The molecule has 1 saturated heterocycles. The summed E-state index contributed by atoms with van der Waals surface area (Å²) in [6, 6.07) is 21.1. The van der Waals surface area contributed by atoms with Gasteiger partial charge in [-0.25, -0.2) is 9.37 Å². The molecule has 13 heteroatoms. The molecule has 2 fully saturated rings. The second-order valence-electron chi connectivity index (χ2n) is 16.1. The maximum absolute atomic E-state index is 13.7. The van der Waals surface area contributed by atoms with Crippen LogP contribution in [0.3, 0.4) is 0 Å². The Morgan fingerprint density at radius 2 is 1.69 bits per heavy atom. The Kier molecular flexibility index (Phi) is 18.1. The number of carbonyl (C=O) groups is 2. The van der Waals surface area contributed by atoms with E-state index in [0.717, 1.165) is 119 Å². The van der Waals surface area contributed by atoms with Gasteiger partial charge in [0, 0.05) is 93.5 Å². The molecule has 61 heavy (non-hydrogen) atoms. The van der Waals surface area contributed by atoms with Crippen molar-refractivity contribution in [2.45, 2.75) is 89.2 Å². The summed E-state index contributed by atoms with van der Waals surface area (Å²) in [5, 5.41) is 15.8. The maximum atomic E-state index is 13.7. The van der Waals surface area contributed by atoms with E-state index in [1.165, 1.54) is 42.5 Å². The number of rotatable bonds is 19. The van der Waals surface area contributed by atoms with Crippen LogP contribution >= 0.6 is 11.6 Å². The zero-order valence-electron chi connectivity index (χ0n) is 35.4. The molecule has 1 atom stereocenters. The summed E-state index contributed by atoms with van der Waals surface area (Å²) in [5.41, 5.74) is 6.76. The Balaban J connectivity index is 0.000000807. The fourth-order valence-electron chi connectivity index (χ4n) is 8.06. The molecule has 7 rings (SSSR count). The van der Waals surface area contributed by atoms with Gasteiger partial charge in [-0.3, -0.25) is 9.69 Å². The first-order valence-electron chi connectivity index (χ1n) is 21.9. The highest BCUT2D eigenvalue weighted by Crippen LogP contribution is 2.29. The minimum absolute atomic E-state index is 0.0359. The quantitative estimate of drug-likeness (QED) is 0.0475. The number of H-pyrrole nitrogens is 1. The lowest BCUT2D eigenvalue weighted by molar-refractivity contribution is -0.122. The third-order valence-electron chi connectivity index (χ3n) is 11.5. The van der Waals surface area contributed by atoms with Gasteiger partial charge in [0.25, 0.3) is 0 Å². The number of benzene rings is 3. The van der Waals surface area contributed by atoms with E-state index < -0.39 is 5.82 Å². The summed E-state index contributed by atoms with van der Waals surface area (Å²) in [6.45, 7) is 7.84. The molecule has 5 aromatic rings. The Hall–Kier alpha value is -4.72. The van der Waals surface area contributed by atoms with Gasteiger partial charge in [-0.1, -0.05) is 79.4 Å². The molecule has 1 saturated carbocycles. The first-order valence-corrected chi connectivity index (χ1v) is 22.3. The summed E-state index contributed by atoms with van der Waals surface area (Å²) < 4.78 is 19.7. The van der Waals surface area contributed by atoms with Crippen LogP contribution in [0.4, 0.5) is 16.0 Å². The summed E-state index contributed by atoms with van der Waals surface area (Å²) in [6.07, 6.45) is 15.5. The maximum Gasteiger partial charge on any atom is 0.229 e. The van der Waals surface area contributed by atoms with Crippen molar-refractivity contribution >= 4 is 46.5 Å². The number of fused-ring (bicyclic) bond motifs is 1. The number of amides is 1. The van der Waals surface area contributed by atoms with Crippen LogP contribution in [-0.4, -0.2) is 101 Å². The van der Waals surface area contributed by atoms with Crippen LogP contribution < -0.4 is 10.6 Å². The lowest BCUT2D eigenvalue weighted by Crippen LogP contribution is -2.46. The Bertz CT molecular complexity index is 2080. The van der Waals surface area contributed by atoms with Crippen molar-refractivity contribution < 1.29 is 23.8 Å². The van der Waals surface area contributed by atoms with Crippen molar-refractivity contribution in [1.29, 1.82) is 0 Å². The molecule has 2 aromatic heterocycles. The molecule has 3 aromatic carbocycles. The third-order valence-corrected chi connectivity index (χ3v) is 11.8.